The Bertz CT molecular complexity index is 1120. The van der Waals surface area contributed by atoms with Gasteiger partial charge in [0.2, 0.25) is 0 Å². The lowest BCUT2D eigenvalue weighted by Crippen LogP contribution is -2.04. The second kappa shape index (κ2) is 5.10. The molecule has 0 aromatic heterocycles. The summed E-state index contributed by atoms with van der Waals surface area (Å²) >= 11 is 0. The third-order valence-corrected chi connectivity index (χ3v) is 4.26. The van der Waals surface area contributed by atoms with Crippen LogP contribution in [0.3, 0.4) is 0 Å². The summed E-state index contributed by atoms with van der Waals surface area (Å²) in [6.07, 6.45) is 1.31. The molecule has 1 unspecified atom stereocenters. The standard InChI is InChI=1S/C21H19N/c1-14-11-21(22-13-15(14)2)18-10-9-17-8-7-16-5-3-4-6-19(16)20(17)12-18/h3-10,12-13,21H,11H2,1-2H3/i1D3,2D3. The highest BCUT2D eigenvalue weighted by molar-refractivity contribution is 6.07. The van der Waals surface area contributed by atoms with Gasteiger partial charge in [0.1, 0.15) is 0 Å². The lowest BCUT2D eigenvalue weighted by Gasteiger charge is -2.19. The summed E-state index contributed by atoms with van der Waals surface area (Å²) in [5.41, 5.74) is 0.701. The summed E-state index contributed by atoms with van der Waals surface area (Å²) in [6.45, 7) is -4.95. The van der Waals surface area contributed by atoms with Crippen LogP contribution in [0.1, 0.15) is 40.0 Å². The average Bonchev–Trinajstić information content (AvgIpc) is 2.65. The maximum absolute atomic E-state index is 7.79. The second-order valence-corrected chi connectivity index (χ2v) is 5.66. The predicted octanol–water partition coefficient (Wildman–Crippen LogP) is 5.85. The molecule has 1 atom stereocenters. The average molecular weight is 291 g/mol. The third kappa shape index (κ3) is 2.14. The van der Waals surface area contributed by atoms with Crippen LogP contribution in [0, 0.1) is 0 Å². The molecule has 0 spiro atoms. The Kier molecular flexibility index (Phi) is 1.92. The summed E-state index contributed by atoms with van der Waals surface area (Å²) in [4.78, 5) is 4.41. The van der Waals surface area contributed by atoms with Gasteiger partial charge in [-0.1, -0.05) is 54.1 Å². The number of benzene rings is 3. The normalized spacial score (nSPS) is 23.5. The van der Waals surface area contributed by atoms with Gasteiger partial charge in [-0.15, -0.1) is 0 Å². The summed E-state index contributed by atoms with van der Waals surface area (Å²) in [7, 11) is 0. The third-order valence-electron chi connectivity index (χ3n) is 4.26. The largest absolute Gasteiger partial charge is 0.284 e. The predicted molar refractivity (Wildman–Crippen MR) is 95.7 cm³/mol. The van der Waals surface area contributed by atoms with E-state index in [0.717, 1.165) is 27.1 Å². The van der Waals surface area contributed by atoms with Crippen molar-refractivity contribution in [3.05, 3.63) is 71.3 Å². The van der Waals surface area contributed by atoms with Crippen molar-refractivity contribution in [3.8, 4) is 0 Å². The van der Waals surface area contributed by atoms with E-state index < -0.39 is 19.7 Å². The Labute approximate surface area is 139 Å². The van der Waals surface area contributed by atoms with Crippen molar-refractivity contribution >= 4 is 27.8 Å². The summed E-state index contributed by atoms with van der Waals surface area (Å²) in [6, 6.07) is 17.8. The number of rotatable bonds is 1. The van der Waals surface area contributed by atoms with Gasteiger partial charge in [0, 0.05) is 14.4 Å². The molecule has 4 rings (SSSR count). The monoisotopic (exact) mass is 291 g/mol. The van der Waals surface area contributed by atoms with Crippen LogP contribution in [0.4, 0.5) is 0 Å². The number of dihydropyridines is 1. The van der Waals surface area contributed by atoms with Crippen LogP contribution < -0.4 is 0 Å². The Morgan fingerprint density at radius 1 is 0.955 bits per heavy atom. The molecule has 0 N–H and O–H groups in total. The molecule has 22 heavy (non-hydrogen) atoms. The van der Waals surface area contributed by atoms with E-state index in [0.29, 0.717) is 0 Å². The number of fused-ring (bicyclic) bond motifs is 3. The molecule has 0 radical (unpaired) electrons. The van der Waals surface area contributed by atoms with Crippen LogP contribution in [0.5, 0.6) is 0 Å². The Hall–Kier alpha value is -2.41. The van der Waals surface area contributed by atoms with E-state index >= 15 is 0 Å². The zero-order valence-corrected chi connectivity index (χ0v) is 12.0. The van der Waals surface area contributed by atoms with Gasteiger partial charge in [0.15, 0.2) is 0 Å². The van der Waals surface area contributed by atoms with E-state index in [1.54, 1.807) is 0 Å². The molecule has 1 aliphatic heterocycles. The van der Waals surface area contributed by atoms with Crippen molar-refractivity contribution < 1.29 is 8.22 Å². The first-order chi connectivity index (χ1) is 13.1. The fourth-order valence-corrected chi connectivity index (χ4v) is 3.03. The topological polar surface area (TPSA) is 12.4 Å². The molecule has 3 aromatic rings. The summed E-state index contributed by atoms with van der Waals surface area (Å²) in [5.74, 6) is 0. The molecule has 0 saturated carbocycles. The maximum atomic E-state index is 7.79. The second-order valence-electron chi connectivity index (χ2n) is 5.66. The van der Waals surface area contributed by atoms with Gasteiger partial charge < -0.3 is 0 Å². The number of nitrogens with zero attached hydrogens (tertiary/aromatic N) is 1. The quantitative estimate of drug-likeness (QED) is 0.499. The van der Waals surface area contributed by atoms with Crippen LogP contribution in [-0.4, -0.2) is 6.21 Å². The number of aliphatic imine (C=N–C) groups is 1. The van der Waals surface area contributed by atoms with Gasteiger partial charge in [0.05, 0.1) is 6.04 Å². The molecule has 3 aromatic carbocycles. The van der Waals surface area contributed by atoms with Gasteiger partial charge in [-0.25, -0.2) is 0 Å². The van der Waals surface area contributed by atoms with Gasteiger partial charge >= 0.3 is 0 Å². The molecule has 0 saturated heterocycles. The molecule has 1 heteroatoms. The number of hydrogen-bond donors (Lipinski definition) is 0. The molecule has 1 aliphatic rings. The van der Waals surface area contributed by atoms with E-state index in [-0.39, 0.29) is 17.6 Å². The van der Waals surface area contributed by atoms with Crippen LogP contribution in [-0.2, 0) is 0 Å². The molecule has 0 fully saturated rings. The van der Waals surface area contributed by atoms with Crippen LogP contribution >= 0.6 is 0 Å². The van der Waals surface area contributed by atoms with E-state index in [1.807, 2.05) is 30.3 Å². The van der Waals surface area contributed by atoms with Crippen LogP contribution in [0.2, 0.25) is 0 Å². The fraction of sp³-hybridized carbons (Fsp3) is 0.190. The van der Waals surface area contributed by atoms with Crippen molar-refractivity contribution in [2.75, 3.05) is 0 Å². The first-order valence-corrected chi connectivity index (χ1v) is 7.33. The van der Waals surface area contributed by atoms with Crippen LogP contribution in [0.25, 0.3) is 21.5 Å². The Balaban J connectivity index is 1.80. The highest BCUT2D eigenvalue weighted by Crippen LogP contribution is 2.33. The van der Waals surface area contributed by atoms with Crippen LogP contribution in [0.15, 0.2) is 70.7 Å². The van der Waals surface area contributed by atoms with E-state index in [1.165, 1.54) is 6.21 Å². The minimum absolute atomic E-state index is 0.0227. The molecule has 0 amide bonds. The maximum Gasteiger partial charge on any atom is 0.0786 e. The lowest BCUT2D eigenvalue weighted by molar-refractivity contribution is 0.708. The van der Waals surface area contributed by atoms with Gasteiger partial charge in [0.25, 0.3) is 0 Å². The zero-order valence-electron chi connectivity index (χ0n) is 18.0. The van der Waals surface area contributed by atoms with Crippen molar-refractivity contribution in [2.24, 2.45) is 4.99 Å². The van der Waals surface area contributed by atoms with E-state index in [2.05, 4.69) is 29.3 Å². The first-order valence-electron chi connectivity index (χ1n) is 10.3. The van der Waals surface area contributed by atoms with Gasteiger partial charge in [-0.05, 0) is 58.9 Å². The van der Waals surface area contributed by atoms with Gasteiger partial charge in [-0.3, -0.25) is 4.99 Å². The molecular weight excluding hydrogens is 266 g/mol. The molecule has 0 bridgehead atoms. The van der Waals surface area contributed by atoms with Crippen molar-refractivity contribution in [3.63, 3.8) is 0 Å². The minimum atomic E-state index is -2.49. The highest BCUT2D eigenvalue weighted by Gasteiger charge is 2.15. The fourth-order valence-electron chi connectivity index (χ4n) is 3.03. The molecule has 108 valence electrons. The number of allylic oxidation sites excluding steroid dienone is 1. The van der Waals surface area contributed by atoms with E-state index in [4.69, 9.17) is 8.22 Å². The van der Waals surface area contributed by atoms with E-state index in [9.17, 15) is 0 Å². The summed E-state index contributed by atoms with van der Waals surface area (Å²) in [5, 5.41) is 4.42. The summed E-state index contributed by atoms with van der Waals surface area (Å²) < 4.78 is 46.3. The molecule has 1 heterocycles. The Morgan fingerprint density at radius 2 is 1.77 bits per heavy atom. The van der Waals surface area contributed by atoms with Crippen molar-refractivity contribution in [2.45, 2.75) is 26.2 Å². The number of hydrogen-bond acceptors (Lipinski definition) is 1. The minimum Gasteiger partial charge on any atom is -0.284 e. The highest BCUT2D eigenvalue weighted by atomic mass is 14.8. The molecule has 0 aliphatic carbocycles. The Morgan fingerprint density at radius 3 is 2.64 bits per heavy atom. The van der Waals surface area contributed by atoms with Gasteiger partial charge in [-0.2, -0.15) is 0 Å². The smallest absolute Gasteiger partial charge is 0.0786 e. The lowest BCUT2D eigenvalue weighted by atomic mass is 9.92. The SMILES string of the molecule is [2H]C([2H])([2H])C1=C(C([2H])([2H])[2H])CC(c2ccc3ccc4ccccc4c3c2)N=C1. The van der Waals surface area contributed by atoms with Crippen molar-refractivity contribution in [1.82, 2.24) is 0 Å². The molecular formula is C21H19N. The van der Waals surface area contributed by atoms with Crippen molar-refractivity contribution in [1.29, 1.82) is 0 Å². The molecule has 1 nitrogen and oxygen atoms in total. The first kappa shape index (κ1) is 8.28. The zero-order chi connectivity index (χ0) is 20.1.